The predicted octanol–water partition coefficient (Wildman–Crippen LogP) is 5.03. The lowest BCUT2D eigenvalue weighted by Crippen LogP contribution is -2.24. The third-order valence-electron chi connectivity index (χ3n) is 5.25. The maximum absolute atomic E-state index is 6.60. The number of anilines is 4. The summed E-state index contributed by atoms with van der Waals surface area (Å²) in [5, 5.41) is 3.28. The van der Waals surface area contributed by atoms with Gasteiger partial charge in [0.2, 0.25) is 0 Å². The quantitative estimate of drug-likeness (QED) is 0.377. The van der Waals surface area contributed by atoms with Crippen molar-refractivity contribution in [1.29, 1.82) is 0 Å². The van der Waals surface area contributed by atoms with Gasteiger partial charge in [0.1, 0.15) is 23.5 Å². The van der Waals surface area contributed by atoms with Gasteiger partial charge < -0.3 is 25.4 Å². The number of nitrogens with one attached hydrogen (secondary N) is 1. The number of ether oxygens (including phenoxy) is 2. The summed E-state index contributed by atoms with van der Waals surface area (Å²) >= 11 is 0. The summed E-state index contributed by atoms with van der Waals surface area (Å²) in [5.41, 5.74) is 10.1. The van der Waals surface area contributed by atoms with Crippen molar-refractivity contribution in [2.45, 2.75) is 13.1 Å². The Labute approximate surface area is 193 Å². The number of hydrogen-bond acceptors (Lipinski definition) is 7. The number of hydrogen-bond donors (Lipinski definition) is 2. The Morgan fingerprint density at radius 1 is 0.818 bits per heavy atom. The SMILES string of the molecule is COc1ccc(OC)c(Nc2ncnc(N(Cc3ccccc3)Cc3ccccc3)c2N)c1. The molecule has 7 heteroatoms. The molecule has 0 spiro atoms. The second-order valence-corrected chi connectivity index (χ2v) is 7.48. The molecule has 0 aliphatic heterocycles. The Morgan fingerprint density at radius 2 is 1.45 bits per heavy atom. The van der Waals surface area contributed by atoms with Gasteiger partial charge >= 0.3 is 0 Å². The highest BCUT2D eigenvalue weighted by atomic mass is 16.5. The molecule has 0 fully saturated rings. The lowest BCUT2D eigenvalue weighted by molar-refractivity contribution is 0.405. The van der Waals surface area contributed by atoms with Crippen LogP contribution in [-0.2, 0) is 13.1 Å². The summed E-state index contributed by atoms with van der Waals surface area (Å²) < 4.78 is 10.8. The summed E-state index contributed by atoms with van der Waals surface area (Å²) in [6, 6.07) is 26.0. The molecule has 4 rings (SSSR count). The van der Waals surface area contributed by atoms with Crippen molar-refractivity contribution in [3.63, 3.8) is 0 Å². The van der Waals surface area contributed by atoms with E-state index >= 15 is 0 Å². The van der Waals surface area contributed by atoms with E-state index < -0.39 is 0 Å². The van der Waals surface area contributed by atoms with E-state index in [2.05, 4.69) is 44.5 Å². The molecule has 0 atom stereocenters. The van der Waals surface area contributed by atoms with Gasteiger partial charge in [-0.1, -0.05) is 60.7 Å². The van der Waals surface area contributed by atoms with Gasteiger partial charge in [0.25, 0.3) is 0 Å². The molecular formula is C26H27N5O2. The number of nitrogens with two attached hydrogens (primary N) is 1. The van der Waals surface area contributed by atoms with E-state index in [1.54, 1.807) is 14.2 Å². The van der Waals surface area contributed by atoms with E-state index in [0.29, 0.717) is 47.6 Å². The Bertz CT molecular complexity index is 1140. The van der Waals surface area contributed by atoms with Crippen LogP contribution in [0, 0.1) is 0 Å². The van der Waals surface area contributed by atoms with Gasteiger partial charge in [-0.25, -0.2) is 9.97 Å². The van der Waals surface area contributed by atoms with Gasteiger partial charge in [-0.05, 0) is 23.3 Å². The highest BCUT2D eigenvalue weighted by molar-refractivity contribution is 5.80. The first-order valence-corrected chi connectivity index (χ1v) is 10.6. The maximum Gasteiger partial charge on any atom is 0.159 e. The number of benzene rings is 3. The second kappa shape index (κ2) is 10.4. The molecule has 3 aromatic carbocycles. The van der Waals surface area contributed by atoms with Crippen molar-refractivity contribution in [2.75, 3.05) is 30.2 Å². The molecule has 4 aromatic rings. The van der Waals surface area contributed by atoms with Crippen molar-refractivity contribution in [3.05, 3.63) is 96.3 Å². The van der Waals surface area contributed by atoms with Gasteiger partial charge in [0, 0.05) is 19.2 Å². The van der Waals surface area contributed by atoms with Crippen LogP contribution in [0.1, 0.15) is 11.1 Å². The number of rotatable bonds is 9. The molecule has 0 amide bonds. The Morgan fingerprint density at radius 3 is 2.03 bits per heavy atom. The fourth-order valence-electron chi connectivity index (χ4n) is 3.59. The average molecular weight is 442 g/mol. The summed E-state index contributed by atoms with van der Waals surface area (Å²) in [7, 11) is 3.23. The van der Waals surface area contributed by atoms with Crippen molar-refractivity contribution < 1.29 is 9.47 Å². The molecule has 0 unspecified atom stereocenters. The van der Waals surface area contributed by atoms with Gasteiger partial charge in [0.15, 0.2) is 11.6 Å². The molecule has 0 aliphatic rings. The van der Waals surface area contributed by atoms with Gasteiger partial charge in [0.05, 0.1) is 19.9 Å². The zero-order valence-electron chi connectivity index (χ0n) is 18.7. The van der Waals surface area contributed by atoms with Crippen LogP contribution in [0.3, 0.4) is 0 Å². The fourth-order valence-corrected chi connectivity index (χ4v) is 3.59. The molecule has 3 N–H and O–H groups in total. The number of nitrogens with zero attached hydrogens (tertiary/aromatic N) is 3. The summed E-state index contributed by atoms with van der Waals surface area (Å²) in [4.78, 5) is 11.1. The predicted molar refractivity (Wildman–Crippen MR) is 132 cm³/mol. The standard InChI is InChI=1S/C26H27N5O2/c1-32-21-13-14-23(33-2)22(15-21)30-25-24(27)26(29-18-28-25)31(16-19-9-5-3-6-10-19)17-20-11-7-4-8-12-20/h3-15,18H,16-17,27H2,1-2H3,(H,28,29,30). The number of nitrogen functional groups attached to an aromatic ring is 1. The van der Waals surface area contributed by atoms with Crippen LogP contribution < -0.4 is 25.4 Å². The minimum atomic E-state index is 0.453. The van der Waals surface area contributed by atoms with Gasteiger partial charge in [-0.15, -0.1) is 0 Å². The highest BCUT2D eigenvalue weighted by Crippen LogP contribution is 2.35. The van der Waals surface area contributed by atoms with E-state index in [-0.39, 0.29) is 0 Å². The van der Waals surface area contributed by atoms with Crippen LogP contribution in [0.2, 0.25) is 0 Å². The van der Waals surface area contributed by atoms with Crippen molar-refractivity contribution in [3.8, 4) is 11.5 Å². The monoisotopic (exact) mass is 441 g/mol. The lowest BCUT2D eigenvalue weighted by Gasteiger charge is -2.26. The Hall–Kier alpha value is -4.26. The van der Waals surface area contributed by atoms with E-state index in [1.807, 2.05) is 54.6 Å². The first-order valence-electron chi connectivity index (χ1n) is 10.6. The zero-order chi connectivity index (χ0) is 23.0. The van der Waals surface area contributed by atoms with Crippen LogP contribution in [-0.4, -0.2) is 24.2 Å². The largest absolute Gasteiger partial charge is 0.497 e. The molecule has 1 aromatic heterocycles. The average Bonchev–Trinajstić information content (AvgIpc) is 2.86. The van der Waals surface area contributed by atoms with E-state index in [1.165, 1.54) is 6.33 Å². The normalized spacial score (nSPS) is 10.5. The first kappa shape index (κ1) is 22.0. The maximum atomic E-state index is 6.60. The number of aromatic nitrogens is 2. The first-order chi connectivity index (χ1) is 16.2. The number of methoxy groups -OCH3 is 2. The summed E-state index contributed by atoms with van der Waals surface area (Å²) in [6.45, 7) is 1.30. The van der Waals surface area contributed by atoms with Crippen LogP contribution in [0.15, 0.2) is 85.2 Å². The third kappa shape index (κ3) is 5.33. The lowest BCUT2D eigenvalue weighted by atomic mass is 10.1. The highest BCUT2D eigenvalue weighted by Gasteiger charge is 2.18. The third-order valence-corrected chi connectivity index (χ3v) is 5.25. The Balaban J connectivity index is 1.69. The smallest absolute Gasteiger partial charge is 0.159 e. The Kier molecular flexibility index (Phi) is 6.90. The second-order valence-electron chi connectivity index (χ2n) is 7.48. The minimum Gasteiger partial charge on any atom is -0.497 e. The molecule has 0 aliphatic carbocycles. The van der Waals surface area contributed by atoms with Crippen molar-refractivity contribution in [2.24, 2.45) is 0 Å². The van der Waals surface area contributed by atoms with E-state index in [9.17, 15) is 0 Å². The molecular weight excluding hydrogens is 414 g/mol. The van der Waals surface area contributed by atoms with Gasteiger partial charge in [-0.3, -0.25) is 0 Å². The van der Waals surface area contributed by atoms with Crippen LogP contribution >= 0.6 is 0 Å². The van der Waals surface area contributed by atoms with Crippen LogP contribution in [0.25, 0.3) is 0 Å². The van der Waals surface area contributed by atoms with Crippen molar-refractivity contribution >= 4 is 23.0 Å². The molecule has 33 heavy (non-hydrogen) atoms. The van der Waals surface area contributed by atoms with E-state index in [4.69, 9.17) is 15.2 Å². The van der Waals surface area contributed by atoms with Gasteiger partial charge in [-0.2, -0.15) is 0 Å². The van der Waals surface area contributed by atoms with E-state index in [0.717, 1.165) is 11.1 Å². The zero-order valence-corrected chi connectivity index (χ0v) is 18.7. The fraction of sp³-hybridized carbons (Fsp3) is 0.154. The molecule has 0 saturated heterocycles. The molecule has 0 radical (unpaired) electrons. The minimum absolute atomic E-state index is 0.453. The topological polar surface area (TPSA) is 85.5 Å². The molecule has 168 valence electrons. The van der Waals surface area contributed by atoms with Crippen LogP contribution in [0.5, 0.6) is 11.5 Å². The molecule has 1 heterocycles. The molecule has 0 bridgehead atoms. The van der Waals surface area contributed by atoms with Crippen LogP contribution in [0.4, 0.5) is 23.0 Å². The van der Waals surface area contributed by atoms with Crippen molar-refractivity contribution in [1.82, 2.24) is 9.97 Å². The summed E-state index contributed by atoms with van der Waals surface area (Å²) in [6.07, 6.45) is 1.52. The molecule has 0 saturated carbocycles. The summed E-state index contributed by atoms with van der Waals surface area (Å²) in [5.74, 6) is 2.50. The molecule has 7 nitrogen and oxygen atoms in total.